The Kier molecular flexibility index (Phi) is 4.60. The summed E-state index contributed by atoms with van der Waals surface area (Å²) in [5.41, 5.74) is 0. The van der Waals surface area contributed by atoms with Crippen molar-refractivity contribution in [1.82, 2.24) is 14.9 Å². The van der Waals surface area contributed by atoms with E-state index in [1.807, 2.05) is 0 Å². The third-order valence-corrected chi connectivity index (χ3v) is 3.43. The second kappa shape index (κ2) is 6.20. The largest absolute Gasteiger partial charge is 0.490 e. The van der Waals surface area contributed by atoms with E-state index >= 15 is 0 Å². The number of nitrogens with zero attached hydrogens (tertiary/aromatic N) is 4. The van der Waals surface area contributed by atoms with Crippen LogP contribution in [0.25, 0.3) is 0 Å². The number of piperazine rings is 1. The molecule has 1 fully saturated rings. The SMILES string of the molecule is CCCN1CCN(c2ncnc(Cl)c2OC)CC1. The molecular weight excluding hydrogens is 252 g/mol. The average molecular weight is 271 g/mol. The molecule has 0 atom stereocenters. The summed E-state index contributed by atoms with van der Waals surface area (Å²) < 4.78 is 5.29. The van der Waals surface area contributed by atoms with Crippen LogP contribution in [0.2, 0.25) is 5.15 Å². The number of ether oxygens (including phenoxy) is 1. The molecule has 1 saturated heterocycles. The van der Waals surface area contributed by atoms with Gasteiger partial charge in [-0.3, -0.25) is 4.90 Å². The molecule has 1 aliphatic rings. The Hall–Kier alpha value is -1.07. The van der Waals surface area contributed by atoms with Gasteiger partial charge in [0.2, 0.25) is 0 Å². The summed E-state index contributed by atoms with van der Waals surface area (Å²) in [6.45, 7) is 7.37. The van der Waals surface area contributed by atoms with Gasteiger partial charge in [-0.1, -0.05) is 18.5 Å². The molecule has 1 aromatic heterocycles. The normalized spacial score (nSPS) is 16.9. The zero-order chi connectivity index (χ0) is 13.0. The van der Waals surface area contributed by atoms with E-state index in [2.05, 4.69) is 26.7 Å². The summed E-state index contributed by atoms with van der Waals surface area (Å²) >= 11 is 6.01. The first-order chi connectivity index (χ1) is 8.76. The molecular formula is C12H19ClN4O. The van der Waals surface area contributed by atoms with Gasteiger partial charge in [0.15, 0.2) is 16.7 Å². The molecule has 100 valence electrons. The third-order valence-electron chi connectivity index (χ3n) is 3.16. The minimum atomic E-state index is 0.374. The highest BCUT2D eigenvalue weighted by Gasteiger charge is 2.21. The standard InChI is InChI=1S/C12H19ClN4O/c1-3-4-16-5-7-17(8-6-16)12-10(18-2)11(13)14-9-15-12/h9H,3-8H2,1-2H3. The van der Waals surface area contributed by atoms with Crippen LogP contribution in [0.4, 0.5) is 5.82 Å². The Morgan fingerprint density at radius 2 is 2.00 bits per heavy atom. The van der Waals surface area contributed by atoms with Gasteiger partial charge in [0, 0.05) is 26.2 Å². The predicted octanol–water partition coefficient (Wildman–Crippen LogP) is 1.67. The van der Waals surface area contributed by atoms with Crippen molar-refractivity contribution in [3.05, 3.63) is 11.5 Å². The number of halogens is 1. The van der Waals surface area contributed by atoms with Gasteiger partial charge in [0.05, 0.1) is 7.11 Å². The van der Waals surface area contributed by atoms with E-state index < -0.39 is 0 Å². The zero-order valence-electron chi connectivity index (χ0n) is 10.9. The Balaban J connectivity index is 2.07. The predicted molar refractivity (Wildman–Crippen MR) is 72.5 cm³/mol. The molecule has 6 heteroatoms. The van der Waals surface area contributed by atoms with Gasteiger partial charge in [0.25, 0.3) is 0 Å². The highest BCUT2D eigenvalue weighted by Crippen LogP contribution is 2.31. The maximum atomic E-state index is 6.01. The Morgan fingerprint density at radius 1 is 1.28 bits per heavy atom. The number of methoxy groups -OCH3 is 1. The van der Waals surface area contributed by atoms with Crippen molar-refractivity contribution in [3.63, 3.8) is 0 Å². The molecule has 1 aliphatic heterocycles. The summed E-state index contributed by atoms with van der Waals surface area (Å²) in [4.78, 5) is 12.9. The van der Waals surface area contributed by atoms with Crippen molar-refractivity contribution in [1.29, 1.82) is 0 Å². The number of hydrogen-bond acceptors (Lipinski definition) is 5. The molecule has 0 radical (unpaired) electrons. The van der Waals surface area contributed by atoms with Crippen LogP contribution in [0.15, 0.2) is 6.33 Å². The smallest absolute Gasteiger partial charge is 0.199 e. The summed E-state index contributed by atoms with van der Waals surface area (Å²) in [6, 6.07) is 0. The van der Waals surface area contributed by atoms with E-state index in [0.717, 1.165) is 38.5 Å². The van der Waals surface area contributed by atoms with E-state index in [1.54, 1.807) is 7.11 Å². The minimum Gasteiger partial charge on any atom is -0.490 e. The van der Waals surface area contributed by atoms with E-state index in [9.17, 15) is 0 Å². The van der Waals surface area contributed by atoms with Crippen LogP contribution in [0, 0.1) is 0 Å². The molecule has 5 nitrogen and oxygen atoms in total. The molecule has 1 aromatic rings. The lowest BCUT2D eigenvalue weighted by Crippen LogP contribution is -2.47. The minimum absolute atomic E-state index is 0.374. The first kappa shape index (κ1) is 13.4. The number of aromatic nitrogens is 2. The molecule has 0 N–H and O–H groups in total. The fourth-order valence-electron chi connectivity index (χ4n) is 2.24. The topological polar surface area (TPSA) is 41.5 Å². The molecule has 2 heterocycles. The van der Waals surface area contributed by atoms with Gasteiger partial charge in [-0.05, 0) is 13.0 Å². The maximum absolute atomic E-state index is 6.01. The van der Waals surface area contributed by atoms with Gasteiger partial charge in [0.1, 0.15) is 6.33 Å². The van der Waals surface area contributed by atoms with Crippen molar-refractivity contribution in [2.45, 2.75) is 13.3 Å². The molecule has 0 aromatic carbocycles. The van der Waals surface area contributed by atoms with Crippen molar-refractivity contribution < 1.29 is 4.74 Å². The first-order valence-corrected chi connectivity index (χ1v) is 6.65. The first-order valence-electron chi connectivity index (χ1n) is 6.28. The fraction of sp³-hybridized carbons (Fsp3) is 0.667. The van der Waals surface area contributed by atoms with Gasteiger partial charge in [-0.15, -0.1) is 0 Å². The van der Waals surface area contributed by atoms with Crippen molar-refractivity contribution >= 4 is 17.4 Å². The Bertz CT molecular complexity index is 394. The van der Waals surface area contributed by atoms with Crippen LogP contribution in [0.1, 0.15) is 13.3 Å². The number of anilines is 1. The highest BCUT2D eigenvalue weighted by atomic mass is 35.5. The quantitative estimate of drug-likeness (QED) is 0.779. The third kappa shape index (κ3) is 2.84. The summed E-state index contributed by atoms with van der Waals surface area (Å²) in [7, 11) is 1.60. The molecule has 2 rings (SSSR count). The van der Waals surface area contributed by atoms with E-state index in [1.165, 1.54) is 12.7 Å². The van der Waals surface area contributed by atoms with E-state index in [4.69, 9.17) is 16.3 Å². The number of rotatable bonds is 4. The van der Waals surface area contributed by atoms with Crippen LogP contribution >= 0.6 is 11.6 Å². The highest BCUT2D eigenvalue weighted by molar-refractivity contribution is 6.31. The van der Waals surface area contributed by atoms with Crippen molar-refractivity contribution in [2.75, 3.05) is 44.7 Å². The molecule has 18 heavy (non-hydrogen) atoms. The lowest BCUT2D eigenvalue weighted by molar-refractivity contribution is 0.257. The monoisotopic (exact) mass is 270 g/mol. The lowest BCUT2D eigenvalue weighted by Gasteiger charge is -2.35. The fourth-order valence-corrected chi connectivity index (χ4v) is 2.45. The van der Waals surface area contributed by atoms with Crippen molar-refractivity contribution in [3.8, 4) is 5.75 Å². The molecule has 0 unspecified atom stereocenters. The van der Waals surface area contributed by atoms with Crippen LogP contribution in [-0.2, 0) is 0 Å². The Morgan fingerprint density at radius 3 is 2.61 bits per heavy atom. The van der Waals surface area contributed by atoms with Gasteiger partial charge in [-0.2, -0.15) is 0 Å². The molecule has 0 aliphatic carbocycles. The van der Waals surface area contributed by atoms with Crippen LogP contribution < -0.4 is 9.64 Å². The van der Waals surface area contributed by atoms with E-state index in [-0.39, 0.29) is 0 Å². The summed E-state index contributed by atoms with van der Waals surface area (Å²) in [5.74, 6) is 1.37. The summed E-state index contributed by atoms with van der Waals surface area (Å²) in [6.07, 6.45) is 2.68. The molecule has 0 amide bonds. The van der Waals surface area contributed by atoms with Crippen molar-refractivity contribution in [2.24, 2.45) is 0 Å². The second-order valence-corrected chi connectivity index (χ2v) is 4.71. The van der Waals surface area contributed by atoms with E-state index in [0.29, 0.717) is 10.9 Å². The van der Waals surface area contributed by atoms with Crippen LogP contribution in [0.3, 0.4) is 0 Å². The van der Waals surface area contributed by atoms with Crippen LogP contribution in [0.5, 0.6) is 5.75 Å². The zero-order valence-corrected chi connectivity index (χ0v) is 11.7. The molecule has 0 bridgehead atoms. The Labute approximate surface area is 113 Å². The van der Waals surface area contributed by atoms with Crippen LogP contribution in [-0.4, -0.2) is 54.7 Å². The average Bonchev–Trinajstić information content (AvgIpc) is 2.40. The van der Waals surface area contributed by atoms with Gasteiger partial charge in [-0.25, -0.2) is 9.97 Å². The summed E-state index contributed by atoms with van der Waals surface area (Å²) in [5, 5.41) is 0.374. The van der Waals surface area contributed by atoms with Gasteiger partial charge >= 0.3 is 0 Å². The second-order valence-electron chi connectivity index (χ2n) is 4.35. The molecule has 0 saturated carbocycles. The lowest BCUT2D eigenvalue weighted by atomic mass is 10.3. The maximum Gasteiger partial charge on any atom is 0.199 e. The number of hydrogen-bond donors (Lipinski definition) is 0. The van der Waals surface area contributed by atoms with Gasteiger partial charge < -0.3 is 9.64 Å². The molecule has 0 spiro atoms.